The third kappa shape index (κ3) is 69.7. The van der Waals surface area contributed by atoms with E-state index in [0.717, 1.165) is 38.5 Å². The van der Waals surface area contributed by atoms with Gasteiger partial charge < -0.3 is 20.3 Å². The summed E-state index contributed by atoms with van der Waals surface area (Å²) < 4.78 is 5.49. The first-order valence-corrected chi connectivity index (χ1v) is 39.0. The van der Waals surface area contributed by atoms with Crippen LogP contribution in [0.2, 0.25) is 0 Å². The van der Waals surface area contributed by atoms with Gasteiger partial charge in [-0.3, -0.25) is 9.59 Å². The molecule has 3 N–H and O–H groups in total. The summed E-state index contributed by atoms with van der Waals surface area (Å²) in [6, 6.07) is -0.626. The second-order valence-corrected chi connectivity index (χ2v) is 27.1. The van der Waals surface area contributed by atoms with Gasteiger partial charge in [0.1, 0.15) is 0 Å². The minimum absolute atomic E-state index is 0.0219. The van der Waals surface area contributed by atoms with E-state index in [-0.39, 0.29) is 18.5 Å². The number of nitrogens with one attached hydrogen (secondary N) is 1. The first kappa shape index (κ1) is 82.6. The van der Waals surface area contributed by atoms with Gasteiger partial charge in [0.15, 0.2) is 0 Å². The second-order valence-electron chi connectivity index (χ2n) is 27.1. The minimum atomic E-state index is -0.843. The van der Waals surface area contributed by atoms with Crippen molar-refractivity contribution in [1.82, 2.24) is 5.32 Å². The highest BCUT2D eigenvalue weighted by molar-refractivity contribution is 5.76. The van der Waals surface area contributed by atoms with E-state index in [1.54, 1.807) is 6.08 Å². The highest BCUT2D eigenvalue weighted by atomic mass is 16.5. The van der Waals surface area contributed by atoms with Crippen LogP contribution >= 0.6 is 0 Å². The van der Waals surface area contributed by atoms with Gasteiger partial charge in [-0.25, -0.2) is 0 Å². The molecule has 0 bridgehead atoms. The molecule has 84 heavy (non-hydrogen) atoms. The molecule has 0 rings (SSSR count). The summed E-state index contributed by atoms with van der Waals surface area (Å²) in [5.74, 6) is -0.0367. The Morgan fingerprint density at radius 2 is 0.548 bits per heavy atom. The average molecular weight is 1190 g/mol. The number of amides is 1. The molecule has 6 nitrogen and oxygen atoms in total. The van der Waals surface area contributed by atoms with E-state index in [4.69, 9.17) is 4.74 Å². The van der Waals surface area contributed by atoms with Crippen molar-refractivity contribution in [3.63, 3.8) is 0 Å². The summed E-state index contributed by atoms with van der Waals surface area (Å²) in [5.41, 5.74) is 0. The molecule has 2 unspecified atom stereocenters. The maximum absolute atomic E-state index is 12.6. The van der Waals surface area contributed by atoms with Crippen molar-refractivity contribution in [2.75, 3.05) is 13.2 Å². The highest BCUT2D eigenvalue weighted by Crippen LogP contribution is 2.20. The van der Waals surface area contributed by atoms with Crippen LogP contribution in [0.25, 0.3) is 0 Å². The molecule has 0 saturated heterocycles. The molecule has 0 aromatic rings. The van der Waals surface area contributed by atoms with Crippen molar-refractivity contribution in [3.8, 4) is 0 Å². The largest absolute Gasteiger partial charge is 0.466 e. The number of allylic oxidation sites excluding steroid dienone is 1. The fraction of sp³-hybridized carbons (Fsp3) is 0.949. The molecular formula is C78H153NO5. The normalized spacial score (nSPS) is 12.5. The molecule has 6 heteroatoms. The number of esters is 1. The molecule has 0 aromatic heterocycles. The average Bonchev–Trinajstić information content (AvgIpc) is 3.51. The smallest absolute Gasteiger partial charge is 0.305 e. The molecule has 0 aliphatic rings. The topological polar surface area (TPSA) is 95.9 Å². The number of rotatable bonds is 74. The number of aliphatic hydroxyl groups excluding tert-OH is 2. The molecule has 0 radical (unpaired) electrons. The monoisotopic (exact) mass is 1180 g/mol. The molecule has 0 aromatic carbocycles. The number of hydrogen-bond acceptors (Lipinski definition) is 5. The lowest BCUT2D eigenvalue weighted by Crippen LogP contribution is -2.45. The number of carbonyl (C=O) groups is 2. The molecule has 500 valence electrons. The van der Waals surface area contributed by atoms with Crippen molar-refractivity contribution in [2.24, 2.45) is 0 Å². The van der Waals surface area contributed by atoms with E-state index < -0.39 is 12.1 Å². The molecule has 0 saturated carbocycles. The predicted molar refractivity (Wildman–Crippen MR) is 370 cm³/mol. The van der Waals surface area contributed by atoms with Crippen molar-refractivity contribution in [3.05, 3.63) is 12.2 Å². The van der Waals surface area contributed by atoms with Crippen LogP contribution in [0.3, 0.4) is 0 Å². The van der Waals surface area contributed by atoms with Crippen LogP contribution < -0.4 is 5.32 Å². The predicted octanol–water partition coefficient (Wildman–Crippen LogP) is 25.5. The first-order chi connectivity index (χ1) is 41.5. The lowest BCUT2D eigenvalue weighted by molar-refractivity contribution is -0.143. The quantitative estimate of drug-likeness (QED) is 0.0320. The summed E-state index contributed by atoms with van der Waals surface area (Å²) >= 11 is 0. The maximum Gasteiger partial charge on any atom is 0.305 e. The molecule has 0 spiro atoms. The van der Waals surface area contributed by atoms with E-state index in [2.05, 4.69) is 19.2 Å². The Labute approximate surface area is 527 Å². The van der Waals surface area contributed by atoms with Crippen molar-refractivity contribution in [1.29, 1.82) is 0 Å². The van der Waals surface area contributed by atoms with Gasteiger partial charge in [-0.05, 0) is 32.1 Å². The van der Waals surface area contributed by atoms with Gasteiger partial charge >= 0.3 is 5.97 Å². The molecule has 0 aliphatic heterocycles. The van der Waals surface area contributed by atoms with Crippen LogP contribution in [-0.2, 0) is 14.3 Å². The van der Waals surface area contributed by atoms with E-state index in [9.17, 15) is 19.8 Å². The Morgan fingerprint density at radius 1 is 0.321 bits per heavy atom. The van der Waals surface area contributed by atoms with Crippen LogP contribution in [-0.4, -0.2) is 47.4 Å². The molecular weight excluding hydrogens is 1030 g/mol. The van der Waals surface area contributed by atoms with Gasteiger partial charge in [0.25, 0.3) is 0 Å². The van der Waals surface area contributed by atoms with Crippen LogP contribution in [0.5, 0.6) is 0 Å². The van der Waals surface area contributed by atoms with Crippen LogP contribution in [0, 0.1) is 0 Å². The van der Waals surface area contributed by atoms with Crippen molar-refractivity contribution >= 4 is 11.9 Å². The Bertz CT molecular complexity index is 1270. The Hall–Kier alpha value is -1.40. The molecule has 0 fully saturated rings. The van der Waals surface area contributed by atoms with Crippen LogP contribution in [0.1, 0.15) is 450 Å². The fourth-order valence-corrected chi connectivity index (χ4v) is 12.6. The summed E-state index contributed by atoms with van der Waals surface area (Å²) in [6.45, 7) is 4.96. The minimum Gasteiger partial charge on any atom is -0.466 e. The van der Waals surface area contributed by atoms with Crippen LogP contribution in [0.4, 0.5) is 0 Å². The molecule has 1 amide bonds. The number of carbonyl (C=O) groups excluding carboxylic acids is 2. The van der Waals surface area contributed by atoms with Gasteiger partial charge in [0.05, 0.1) is 25.4 Å². The Morgan fingerprint density at radius 3 is 0.810 bits per heavy atom. The fourth-order valence-electron chi connectivity index (χ4n) is 12.6. The summed E-state index contributed by atoms with van der Waals surface area (Å²) in [5, 5.41) is 23.3. The number of hydrogen-bond donors (Lipinski definition) is 3. The maximum atomic E-state index is 12.6. The third-order valence-electron chi connectivity index (χ3n) is 18.6. The zero-order valence-electron chi connectivity index (χ0n) is 57.4. The van der Waals surface area contributed by atoms with E-state index in [1.807, 2.05) is 6.08 Å². The zero-order chi connectivity index (χ0) is 60.6. The zero-order valence-corrected chi connectivity index (χ0v) is 57.4. The first-order valence-electron chi connectivity index (χ1n) is 39.0. The Kier molecular flexibility index (Phi) is 72.8. The lowest BCUT2D eigenvalue weighted by Gasteiger charge is -2.20. The van der Waals surface area contributed by atoms with Gasteiger partial charge in [0, 0.05) is 12.8 Å². The standard InChI is InChI=1S/C78H153NO5/c1-3-5-7-9-11-13-15-17-18-19-20-21-22-28-31-34-37-40-43-47-50-54-58-62-66-70-76(81)75(74-80)79-77(82)71-67-63-59-55-51-48-44-41-38-35-32-29-26-24-23-25-27-30-33-36-39-42-45-49-53-57-61-65-69-73-84-78(83)72-68-64-60-56-52-46-16-14-12-10-8-6-4-2/h66,70,75-76,80-81H,3-65,67-69,71-74H2,1-2H3,(H,79,82)/b70-66+. The summed E-state index contributed by atoms with van der Waals surface area (Å²) in [4.78, 5) is 24.6. The van der Waals surface area contributed by atoms with Crippen molar-refractivity contribution in [2.45, 2.75) is 463 Å². The number of ether oxygens (including phenoxy) is 1. The van der Waals surface area contributed by atoms with Gasteiger partial charge in [0.2, 0.25) is 5.91 Å². The van der Waals surface area contributed by atoms with Gasteiger partial charge in [-0.1, -0.05) is 418 Å². The molecule has 2 atom stereocenters. The summed E-state index contributed by atoms with van der Waals surface area (Å²) in [7, 11) is 0. The highest BCUT2D eigenvalue weighted by Gasteiger charge is 2.18. The van der Waals surface area contributed by atoms with E-state index in [1.165, 1.54) is 385 Å². The lowest BCUT2D eigenvalue weighted by atomic mass is 10.0. The van der Waals surface area contributed by atoms with Crippen molar-refractivity contribution < 1.29 is 24.5 Å². The van der Waals surface area contributed by atoms with Crippen LogP contribution in [0.15, 0.2) is 12.2 Å². The Balaban J connectivity index is 3.36. The number of unbranched alkanes of at least 4 members (excludes halogenated alkanes) is 63. The van der Waals surface area contributed by atoms with E-state index in [0.29, 0.717) is 19.4 Å². The van der Waals surface area contributed by atoms with Gasteiger partial charge in [-0.2, -0.15) is 0 Å². The number of aliphatic hydroxyl groups is 2. The molecule has 0 heterocycles. The second kappa shape index (κ2) is 74.1. The summed E-state index contributed by atoms with van der Waals surface area (Å²) in [6.07, 6.45) is 93.3. The third-order valence-corrected chi connectivity index (χ3v) is 18.6. The van der Waals surface area contributed by atoms with E-state index >= 15 is 0 Å². The van der Waals surface area contributed by atoms with Gasteiger partial charge in [-0.15, -0.1) is 0 Å². The molecule has 0 aliphatic carbocycles. The SMILES string of the molecule is CCCCCCCCCCCCCCCCCCCCCCCCC/C=C/C(O)C(CO)NC(=O)CCCCCCCCCCCCCCCCCCCCCCCCCCCCCCCOC(=O)CCCCCCCCCCCCCCC.